The van der Waals surface area contributed by atoms with Gasteiger partial charge in [0, 0.05) is 15.8 Å². The number of hydrogen-bond acceptors (Lipinski definition) is 2. The van der Waals surface area contributed by atoms with Gasteiger partial charge in [-0.2, -0.15) is 0 Å². The van der Waals surface area contributed by atoms with Gasteiger partial charge >= 0.3 is 0 Å². The van der Waals surface area contributed by atoms with Crippen LogP contribution < -0.4 is 5.73 Å². The van der Waals surface area contributed by atoms with Crippen LogP contribution >= 0.6 is 15.9 Å². The Kier molecular flexibility index (Phi) is 4.90. The molecule has 11 heavy (non-hydrogen) atoms. The predicted molar refractivity (Wildman–Crippen MR) is 51.2 cm³/mol. The highest BCUT2D eigenvalue weighted by molar-refractivity contribution is 9.11. The van der Waals surface area contributed by atoms with Gasteiger partial charge in [0.1, 0.15) is 0 Å². The molecule has 2 nitrogen and oxygen atoms in total. The lowest BCUT2D eigenvalue weighted by Crippen LogP contribution is -2.05. The molecular formula is C8H12BrNO. The number of rotatable bonds is 3. The van der Waals surface area contributed by atoms with Gasteiger partial charge in [-0.3, -0.25) is 0 Å². The summed E-state index contributed by atoms with van der Waals surface area (Å²) in [5.74, 6) is 0. The van der Waals surface area contributed by atoms with Crippen molar-refractivity contribution < 1.29 is 5.11 Å². The molecule has 0 aromatic heterocycles. The zero-order valence-electron chi connectivity index (χ0n) is 6.47. The molecule has 0 fully saturated rings. The van der Waals surface area contributed by atoms with Gasteiger partial charge < -0.3 is 10.8 Å². The Hall–Kier alpha value is -0.540. The third kappa shape index (κ3) is 2.91. The van der Waals surface area contributed by atoms with Crippen LogP contribution in [-0.4, -0.2) is 11.7 Å². The van der Waals surface area contributed by atoms with Crippen LogP contribution in [-0.2, 0) is 0 Å². The van der Waals surface area contributed by atoms with E-state index in [1.165, 1.54) is 0 Å². The normalized spacial score (nSPS) is 14.3. The first-order valence-corrected chi connectivity index (χ1v) is 4.00. The Bertz CT molecular complexity index is 206. The number of allylic oxidation sites excluding steroid dienone is 3. The third-order valence-electron chi connectivity index (χ3n) is 1.29. The molecule has 62 valence electrons. The van der Waals surface area contributed by atoms with E-state index in [1.807, 2.05) is 6.92 Å². The molecule has 3 N–H and O–H groups in total. The minimum atomic E-state index is -0.0806. The van der Waals surface area contributed by atoms with E-state index in [9.17, 15) is 0 Å². The molecule has 0 heterocycles. The largest absolute Gasteiger partial charge is 0.399 e. The summed E-state index contributed by atoms with van der Waals surface area (Å²) in [5.41, 5.74) is 6.81. The molecule has 0 saturated heterocycles. The summed E-state index contributed by atoms with van der Waals surface area (Å²) >= 11 is 3.23. The van der Waals surface area contributed by atoms with Crippen molar-refractivity contribution in [3.63, 3.8) is 0 Å². The van der Waals surface area contributed by atoms with Crippen LogP contribution in [0.2, 0.25) is 0 Å². The van der Waals surface area contributed by atoms with Crippen molar-refractivity contribution in [2.45, 2.75) is 6.92 Å². The summed E-state index contributed by atoms with van der Waals surface area (Å²) in [4.78, 5) is 0. The summed E-state index contributed by atoms with van der Waals surface area (Å²) in [5, 5.41) is 8.87. The fourth-order valence-electron chi connectivity index (χ4n) is 0.602. The van der Waals surface area contributed by atoms with Crippen LogP contribution in [0, 0.1) is 0 Å². The number of halogens is 1. The second-order valence-electron chi connectivity index (χ2n) is 1.93. The Morgan fingerprint density at radius 1 is 1.73 bits per heavy atom. The Labute approximate surface area is 75.2 Å². The fourth-order valence-corrected chi connectivity index (χ4v) is 0.956. The van der Waals surface area contributed by atoms with Gasteiger partial charge in [-0.1, -0.05) is 34.7 Å². The zero-order chi connectivity index (χ0) is 8.85. The molecule has 0 atom stereocenters. The Morgan fingerprint density at radius 3 is 2.55 bits per heavy atom. The van der Waals surface area contributed by atoms with Gasteiger partial charge in [-0.15, -0.1) is 0 Å². The fraction of sp³-hybridized carbons (Fsp3) is 0.250. The van der Waals surface area contributed by atoms with E-state index in [1.54, 1.807) is 12.2 Å². The lowest BCUT2D eigenvalue weighted by molar-refractivity contribution is 0.333. The molecule has 0 unspecified atom stereocenters. The zero-order valence-corrected chi connectivity index (χ0v) is 8.06. The first-order valence-electron chi connectivity index (χ1n) is 3.21. The summed E-state index contributed by atoms with van der Waals surface area (Å²) in [6.07, 6.45) is 3.33. The maximum Gasteiger partial charge on any atom is 0.0712 e. The minimum absolute atomic E-state index is 0.0806. The van der Waals surface area contributed by atoms with Crippen molar-refractivity contribution in [1.29, 1.82) is 0 Å². The van der Waals surface area contributed by atoms with Gasteiger partial charge in [-0.05, 0) is 6.92 Å². The van der Waals surface area contributed by atoms with Crippen molar-refractivity contribution in [3.8, 4) is 0 Å². The molecule has 0 aliphatic rings. The topological polar surface area (TPSA) is 46.2 Å². The number of aliphatic hydroxyl groups excluding tert-OH is 1. The molecule has 0 aliphatic carbocycles. The maximum absolute atomic E-state index is 8.87. The second-order valence-corrected chi connectivity index (χ2v) is 2.79. The van der Waals surface area contributed by atoms with Crippen molar-refractivity contribution >= 4 is 15.9 Å². The SMILES string of the molecule is C=C/C(Br)=C(CO)\C(N)=C/C. The summed E-state index contributed by atoms with van der Waals surface area (Å²) in [6.45, 7) is 5.28. The first-order chi connectivity index (χ1) is 5.17. The number of nitrogens with two attached hydrogens (primary N) is 1. The lowest BCUT2D eigenvalue weighted by Gasteiger charge is -2.04. The van der Waals surface area contributed by atoms with Gasteiger partial charge in [0.2, 0.25) is 0 Å². The number of aliphatic hydroxyl groups is 1. The van der Waals surface area contributed by atoms with E-state index in [-0.39, 0.29) is 6.61 Å². The van der Waals surface area contributed by atoms with Crippen molar-refractivity contribution in [2.75, 3.05) is 6.61 Å². The van der Waals surface area contributed by atoms with Crippen LogP contribution in [0.1, 0.15) is 6.92 Å². The van der Waals surface area contributed by atoms with Crippen molar-refractivity contribution in [3.05, 3.63) is 34.5 Å². The van der Waals surface area contributed by atoms with Gasteiger partial charge in [0.15, 0.2) is 0 Å². The minimum Gasteiger partial charge on any atom is -0.399 e. The Morgan fingerprint density at radius 2 is 2.27 bits per heavy atom. The molecule has 0 rings (SSSR count). The smallest absolute Gasteiger partial charge is 0.0712 e. The van der Waals surface area contributed by atoms with E-state index in [0.717, 1.165) is 4.48 Å². The number of hydrogen-bond donors (Lipinski definition) is 2. The highest BCUT2D eigenvalue weighted by Gasteiger charge is 2.01. The molecule has 0 saturated carbocycles. The van der Waals surface area contributed by atoms with Crippen LogP contribution in [0.25, 0.3) is 0 Å². The van der Waals surface area contributed by atoms with Crippen LogP contribution in [0.5, 0.6) is 0 Å². The van der Waals surface area contributed by atoms with E-state index in [2.05, 4.69) is 22.5 Å². The maximum atomic E-state index is 8.87. The van der Waals surface area contributed by atoms with Crippen molar-refractivity contribution in [1.82, 2.24) is 0 Å². The molecule has 0 spiro atoms. The monoisotopic (exact) mass is 217 g/mol. The van der Waals surface area contributed by atoms with E-state index < -0.39 is 0 Å². The second kappa shape index (κ2) is 5.16. The first kappa shape index (κ1) is 10.5. The van der Waals surface area contributed by atoms with Crippen LogP contribution in [0.3, 0.4) is 0 Å². The molecular weight excluding hydrogens is 206 g/mol. The van der Waals surface area contributed by atoms with Crippen LogP contribution in [0.15, 0.2) is 34.5 Å². The molecule has 0 aromatic carbocycles. The van der Waals surface area contributed by atoms with E-state index >= 15 is 0 Å². The van der Waals surface area contributed by atoms with Gasteiger partial charge in [-0.25, -0.2) is 0 Å². The average Bonchev–Trinajstić information content (AvgIpc) is 2.05. The molecule has 0 aromatic rings. The third-order valence-corrected chi connectivity index (χ3v) is 2.09. The van der Waals surface area contributed by atoms with E-state index in [4.69, 9.17) is 10.8 Å². The quantitative estimate of drug-likeness (QED) is 0.708. The van der Waals surface area contributed by atoms with Gasteiger partial charge in [0.05, 0.1) is 6.61 Å². The lowest BCUT2D eigenvalue weighted by atomic mass is 10.2. The standard InChI is InChI=1S/C8H12BrNO/c1-3-7(9)6(5-11)8(10)4-2/h3-4,11H,1,5,10H2,2H3/b7-6+,8-4+. The molecule has 0 bridgehead atoms. The highest BCUT2D eigenvalue weighted by Crippen LogP contribution is 2.16. The molecule has 0 amide bonds. The molecule has 0 aliphatic heterocycles. The average molecular weight is 218 g/mol. The summed E-state index contributed by atoms with van der Waals surface area (Å²) in [7, 11) is 0. The van der Waals surface area contributed by atoms with E-state index in [0.29, 0.717) is 11.3 Å². The van der Waals surface area contributed by atoms with Crippen molar-refractivity contribution in [2.24, 2.45) is 5.73 Å². The predicted octanol–water partition coefficient (Wildman–Crippen LogP) is 1.68. The summed E-state index contributed by atoms with van der Waals surface area (Å²) < 4.78 is 0.732. The molecule has 0 radical (unpaired) electrons. The molecule has 3 heteroatoms. The highest BCUT2D eigenvalue weighted by atomic mass is 79.9. The summed E-state index contributed by atoms with van der Waals surface area (Å²) in [6, 6.07) is 0. The van der Waals surface area contributed by atoms with Gasteiger partial charge in [0.25, 0.3) is 0 Å². The Balaban J connectivity index is 4.79. The van der Waals surface area contributed by atoms with Crippen LogP contribution in [0.4, 0.5) is 0 Å².